The molecule has 0 aromatic carbocycles. The van der Waals surface area contributed by atoms with Gasteiger partial charge in [-0.05, 0) is 51.4 Å². The van der Waals surface area contributed by atoms with Gasteiger partial charge in [-0.25, -0.2) is 0 Å². The Hall–Kier alpha value is -2.05. The van der Waals surface area contributed by atoms with Crippen LogP contribution < -0.4 is 0 Å². The van der Waals surface area contributed by atoms with Crippen molar-refractivity contribution in [3.8, 4) is 0 Å². The first kappa shape index (κ1) is 58.1. The minimum atomic E-state index is -1.71. The van der Waals surface area contributed by atoms with E-state index in [0.29, 0.717) is 13.0 Å². The van der Waals surface area contributed by atoms with Crippen molar-refractivity contribution in [2.45, 2.75) is 229 Å². The fourth-order valence-corrected chi connectivity index (χ4v) is 7.57. The third-order valence-corrected chi connectivity index (χ3v) is 11.6. The fraction of sp³-hybridized carbons (Fsp3) is 0.820. The van der Waals surface area contributed by atoms with Crippen LogP contribution in [-0.2, 0) is 33.2 Å². The topological polar surface area (TPSA) is 214 Å². The number of hydrogen-bond donors (Lipinski definition) is 7. The van der Waals surface area contributed by atoms with Gasteiger partial charge in [-0.3, -0.25) is 4.79 Å². The number of esters is 1. The van der Waals surface area contributed by atoms with Crippen LogP contribution in [0.3, 0.4) is 0 Å². The summed E-state index contributed by atoms with van der Waals surface area (Å²) in [5.74, 6) is -0.385. The molecule has 64 heavy (non-hydrogen) atoms. The van der Waals surface area contributed by atoms with Crippen LogP contribution >= 0.6 is 0 Å². The Labute approximate surface area is 384 Å². The molecular weight excluding hydrogens is 825 g/mol. The lowest BCUT2D eigenvalue weighted by Gasteiger charge is -2.42. The number of carbonyl (C=O) groups excluding carboxylic acids is 1. The predicted octanol–water partition coefficient (Wildman–Crippen LogP) is 6.79. The molecule has 7 N–H and O–H groups in total. The maximum absolute atomic E-state index is 13.0. The molecule has 0 radical (unpaired) electrons. The molecule has 2 aliphatic rings. The second-order valence-electron chi connectivity index (χ2n) is 17.3. The van der Waals surface area contributed by atoms with E-state index in [1.807, 2.05) is 0 Å². The Balaban J connectivity index is 1.79. The molecule has 11 atom stereocenters. The number of carbonyl (C=O) groups is 1. The summed E-state index contributed by atoms with van der Waals surface area (Å²) >= 11 is 0. The van der Waals surface area contributed by atoms with Gasteiger partial charge in [0, 0.05) is 13.0 Å². The van der Waals surface area contributed by atoms with Crippen molar-refractivity contribution in [2.75, 3.05) is 33.0 Å². The highest BCUT2D eigenvalue weighted by atomic mass is 16.7. The van der Waals surface area contributed by atoms with Gasteiger partial charge < -0.3 is 64.2 Å². The lowest BCUT2D eigenvalue weighted by atomic mass is 9.98. The Morgan fingerprint density at radius 3 is 1.59 bits per heavy atom. The molecule has 372 valence electrons. The standard InChI is InChI=1S/C50H88O14/c1-3-5-7-9-11-13-15-17-18-19-20-21-22-24-26-28-30-32-34-59-36-39(62-42(52)33-31-29-27-25-23-16-14-12-10-8-6-4-2)37-60-49-48(58)46(56)44(54)41(64-49)38-61-50-47(57)45(55)43(53)40(35-51)63-50/h5,7,11,13,17-18,20-21,39-41,43-51,53-58H,3-4,6,8-10,12,14-16,19,22-38H2,1-2H3/b7-5-,13-11-,18-17-,21-20-. The first-order chi connectivity index (χ1) is 31.1. The number of ether oxygens (including phenoxy) is 6. The van der Waals surface area contributed by atoms with Crippen LogP contribution in [0.25, 0.3) is 0 Å². The summed E-state index contributed by atoms with van der Waals surface area (Å²) in [6.45, 7) is 3.51. The van der Waals surface area contributed by atoms with Crippen LogP contribution in [-0.4, -0.2) is 142 Å². The average molecular weight is 913 g/mol. The summed E-state index contributed by atoms with van der Waals surface area (Å²) in [7, 11) is 0. The molecule has 14 heteroatoms. The zero-order valence-corrected chi connectivity index (χ0v) is 39.3. The van der Waals surface area contributed by atoms with Crippen LogP contribution in [0.2, 0.25) is 0 Å². The maximum Gasteiger partial charge on any atom is 0.306 e. The molecule has 0 aromatic rings. The Morgan fingerprint density at radius 2 is 1.02 bits per heavy atom. The van der Waals surface area contributed by atoms with Gasteiger partial charge in [0.25, 0.3) is 0 Å². The van der Waals surface area contributed by atoms with Crippen molar-refractivity contribution >= 4 is 5.97 Å². The van der Waals surface area contributed by atoms with Crippen LogP contribution in [0.15, 0.2) is 48.6 Å². The van der Waals surface area contributed by atoms with Crippen LogP contribution in [0.1, 0.15) is 162 Å². The van der Waals surface area contributed by atoms with Gasteiger partial charge in [0.05, 0.1) is 26.4 Å². The van der Waals surface area contributed by atoms with Gasteiger partial charge in [-0.1, -0.05) is 152 Å². The van der Waals surface area contributed by atoms with Crippen molar-refractivity contribution in [1.82, 2.24) is 0 Å². The summed E-state index contributed by atoms with van der Waals surface area (Å²) in [6, 6.07) is 0. The van der Waals surface area contributed by atoms with E-state index in [0.717, 1.165) is 83.5 Å². The van der Waals surface area contributed by atoms with E-state index in [1.54, 1.807) is 0 Å². The molecule has 2 aliphatic heterocycles. The average Bonchev–Trinajstić information content (AvgIpc) is 3.29. The zero-order chi connectivity index (χ0) is 46.6. The zero-order valence-electron chi connectivity index (χ0n) is 39.3. The van der Waals surface area contributed by atoms with E-state index < -0.39 is 80.7 Å². The van der Waals surface area contributed by atoms with Crippen molar-refractivity contribution in [3.05, 3.63) is 48.6 Å². The normalized spacial score (nSPS) is 27.1. The molecule has 2 fully saturated rings. The monoisotopic (exact) mass is 913 g/mol. The van der Waals surface area contributed by atoms with E-state index in [-0.39, 0.29) is 25.6 Å². The van der Waals surface area contributed by atoms with Crippen molar-refractivity contribution in [2.24, 2.45) is 0 Å². The molecule has 0 aromatic heterocycles. The second kappa shape index (κ2) is 38.0. The molecule has 0 bridgehead atoms. The van der Waals surface area contributed by atoms with Gasteiger partial charge in [-0.15, -0.1) is 0 Å². The van der Waals surface area contributed by atoms with Gasteiger partial charge in [-0.2, -0.15) is 0 Å². The number of rotatable bonds is 38. The molecule has 0 aliphatic carbocycles. The first-order valence-electron chi connectivity index (χ1n) is 24.7. The molecule has 14 nitrogen and oxygen atoms in total. The molecule has 0 saturated carbocycles. The summed E-state index contributed by atoms with van der Waals surface area (Å²) < 4.78 is 34.2. The highest BCUT2D eigenvalue weighted by molar-refractivity contribution is 5.69. The minimum absolute atomic E-state index is 0.0493. The number of aliphatic hydroxyl groups excluding tert-OH is 7. The summed E-state index contributed by atoms with van der Waals surface area (Å²) in [5.41, 5.74) is 0. The van der Waals surface area contributed by atoms with Gasteiger partial charge >= 0.3 is 5.97 Å². The molecule has 2 heterocycles. The molecule has 2 rings (SSSR count). The smallest absolute Gasteiger partial charge is 0.306 e. The highest BCUT2D eigenvalue weighted by Crippen LogP contribution is 2.26. The van der Waals surface area contributed by atoms with Crippen molar-refractivity contribution in [1.29, 1.82) is 0 Å². The van der Waals surface area contributed by atoms with Gasteiger partial charge in [0.1, 0.15) is 54.9 Å². The quantitative estimate of drug-likeness (QED) is 0.0193. The molecular formula is C50H88O14. The fourth-order valence-electron chi connectivity index (χ4n) is 7.57. The number of hydrogen-bond acceptors (Lipinski definition) is 14. The Bertz CT molecular complexity index is 1240. The van der Waals surface area contributed by atoms with E-state index in [4.69, 9.17) is 28.4 Å². The second-order valence-corrected chi connectivity index (χ2v) is 17.3. The molecule has 2 saturated heterocycles. The van der Waals surface area contributed by atoms with Crippen molar-refractivity contribution in [3.63, 3.8) is 0 Å². The van der Waals surface area contributed by atoms with Gasteiger partial charge in [0.15, 0.2) is 12.6 Å². The minimum Gasteiger partial charge on any atom is -0.457 e. The van der Waals surface area contributed by atoms with Gasteiger partial charge in [0.2, 0.25) is 0 Å². The summed E-state index contributed by atoms with van der Waals surface area (Å²) in [6.07, 6.45) is 26.0. The van der Waals surface area contributed by atoms with Crippen LogP contribution in [0.4, 0.5) is 0 Å². The van der Waals surface area contributed by atoms with Crippen molar-refractivity contribution < 1.29 is 69.0 Å². The van der Waals surface area contributed by atoms with E-state index in [1.165, 1.54) is 51.4 Å². The lowest BCUT2D eigenvalue weighted by molar-refractivity contribution is -0.332. The molecule has 0 spiro atoms. The first-order valence-corrected chi connectivity index (χ1v) is 24.7. The summed E-state index contributed by atoms with van der Waals surface area (Å²) in [5, 5.41) is 72.0. The molecule has 0 amide bonds. The third-order valence-electron chi connectivity index (χ3n) is 11.6. The SMILES string of the molecule is CC/C=C\C/C=C\C/C=C\C/C=C\CCCCCCCOCC(COC1OC(COC2OC(CO)C(O)C(O)C2O)C(O)C(O)C1O)OC(=O)CCCCCCCCCCCCCC. The Morgan fingerprint density at radius 1 is 0.531 bits per heavy atom. The third kappa shape index (κ3) is 25.7. The highest BCUT2D eigenvalue weighted by Gasteiger charge is 2.47. The van der Waals surface area contributed by atoms with Crippen LogP contribution in [0.5, 0.6) is 0 Å². The lowest BCUT2D eigenvalue weighted by Crippen LogP contribution is -2.61. The van der Waals surface area contributed by atoms with E-state index in [2.05, 4.69) is 62.5 Å². The number of allylic oxidation sites excluding steroid dienone is 8. The maximum atomic E-state index is 13.0. The van der Waals surface area contributed by atoms with E-state index >= 15 is 0 Å². The summed E-state index contributed by atoms with van der Waals surface area (Å²) in [4.78, 5) is 13.0. The number of unbranched alkanes of at least 4 members (excludes halogenated alkanes) is 16. The number of aliphatic hydroxyl groups is 7. The molecule has 11 unspecified atom stereocenters. The van der Waals surface area contributed by atoms with E-state index in [9.17, 15) is 40.5 Å². The van der Waals surface area contributed by atoms with Crippen LogP contribution in [0, 0.1) is 0 Å². The Kier molecular flexibility index (Phi) is 34.5. The predicted molar refractivity (Wildman–Crippen MR) is 247 cm³/mol. The largest absolute Gasteiger partial charge is 0.457 e.